The highest BCUT2D eigenvalue weighted by Crippen LogP contribution is 2.29. The molecule has 0 saturated heterocycles. The van der Waals surface area contributed by atoms with Crippen molar-refractivity contribution in [3.05, 3.63) is 52.7 Å². The summed E-state index contributed by atoms with van der Waals surface area (Å²) in [6.45, 7) is 0.562. The fourth-order valence-corrected chi connectivity index (χ4v) is 1.89. The number of amides is 1. The summed E-state index contributed by atoms with van der Waals surface area (Å²) < 4.78 is 5.55. The van der Waals surface area contributed by atoms with Crippen LogP contribution in [0.15, 0.2) is 36.5 Å². The first-order valence-electron chi connectivity index (χ1n) is 6.02. The van der Waals surface area contributed by atoms with Gasteiger partial charge in [-0.3, -0.25) is 4.79 Å². The van der Waals surface area contributed by atoms with Crippen LogP contribution >= 0.6 is 11.6 Å². The smallest absolute Gasteiger partial charge is 0.250 e. The van der Waals surface area contributed by atoms with E-state index in [-0.39, 0.29) is 0 Å². The third-order valence-electron chi connectivity index (χ3n) is 2.66. The van der Waals surface area contributed by atoms with Crippen molar-refractivity contribution in [3.63, 3.8) is 0 Å². The molecule has 1 aromatic heterocycles. The van der Waals surface area contributed by atoms with Crippen molar-refractivity contribution < 1.29 is 9.53 Å². The third kappa shape index (κ3) is 3.46. The highest BCUT2D eigenvalue weighted by Gasteiger charge is 2.06. The summed E-state index contributed by atoms with van der Waals surface area (Å²) in [5.41, 5.74) is 12.0. The Morgan fingerprint density at radius 1 is 1.30 bits per heavy atom. The number of nitrogens with zero attached hydrogens (tertiary/aromatic N) is 1. The molecule has 6 heteroatoms. The second-order valence-corrected chi connectivity index (χ2v) is 4.56. The second kappa shape index (κ2) is 6.36. The van der Waals surface area contributed by atoms with Crippen molar-refractivity contribution >= 4 is 17.5 Å². The minimum absolute atomic E-state index is 0.321. The molecule has 20 heavy (non-hydrogen) atoms. The molecule has 0 bridgehead atoms. The van der Waals surface area contributed by atoms with Crippen LogP contribution in [0.25, 0.3) is 0 Å². The van der Waals surface area contributed by atoms with Crippen LogP contribution in [0.3, 0.4) is 0 Å². The van der Waals surface area contributed by atoms with E-state index in [1.165, 1.54) is 6.20 Å². The lowest BCUT2D eigenvalue weighted by molar-refractivity contribution is 0.1000. The summed E-state index contributed by atoms with van der Waals surface area (Å²) >= 11 is 6.13. The zero-order chi connectivity index (χ0) is 14.5. The molecule has 1 heterocycles. The normalized spacial score (nSPS) is 10.3. The standard InChI is InChI=1S/C14H14ClN3O2/c15-11-7-9(5-6-16)1-3-12(11)20-13-4-2-10(8-18-13)14(17)19/h1-4,7-8H,5-6,16H2,(H2,17,19). The van der Waals surface area contributed by atoms with Gasteiger partial charge >= 0.3 is 0 Å². The molecule has 4 N–H and O–H groups in total. The van der Waals surface area contributed by atoms with E-state index in [2.05, 4.69) is 4.98 Å². The lowest BCUT2D eigenvalue weighted by Crippen LogP contribution is -2.10. The predicted molar refractivity (Wildman–Crippen MR) is 77.0 cm³/mol. The summed E-state index contributed by atoms with van der Waals surface area (Å²) in [4.78, 5) is 14.9. The van der Waals surface area contributed by atoms with Crippen molar-refractivity contribution in [1.29, 1.82) is 0 Å². The first-order chi connectivity index (χ1) is 9.60. The van der Waals surface area contributed by atoms with Gasteiger partial charge in [0.05, 0.1) is 10.6 Å². The average Bonchev–Trinajstić information content (AvgIpc) is 2.43. The monoisotopic (exact) mass is 291 g/mol. The Morgan fingerprint density at radius 2 is 2.10 bits per heavy atom. The van der Waals surface area contributed by atoms with E-state index in [9.17, 15) is 4.79 Å². The molecule has 0 aliphatic heterocycles. The van der Waals surface area contributed by atoms with Gasteiger partial charge in [0.2, 0.25) is 11.8 Å². The molecule has 5 nitrogen and oxygen atoms in total. The van der Waals surface area contributed by atoms with Crippen LogP contribution in [0.4, 0.5) is 0 Å². The van der Waals surface area contributed by atoms with E-state index in [4.69, 9.17) is 27.8 Å². The van der Waals surface area contributed by atoms with Gasteiger partial charge in [-0.05, 0) is 36.7 Å². The van der Waals surface area contributed by atoms with E-state index < -0.39 is 5.91 Å². The Balaban J connectivity index is 2.15. The quantitative estimate of drug-likeness (QED) is 0.883. The minimum Gasteiger partial charge on any atom is -0.437 e. The Hall–Kier alpha value is -2.11. The first-order valence-corrected chi connectivity index (χ1v) is 6.40. The van der Waals surface area contributed by atoms with Gasteiger partial charge in [0, 0.05) is 12.3 Å². The maximum absolute atomic E-state index is 10.9. The molecule has 0 saturated carbocycles. The molecule has 0 atom stereocenters. The summed E-state index contributed by atoms with van der Waals surface area (Å²) in [6.07, 6.45) is 2.11. The number of ether oxygens (including phenoxy) is 1. The molecule has 2 rings (SSSR count). The molecule has 104 valence electrons. The van der Waals surface area contributed by atoms with Gasteiger partial charge in [0.25, 0.3) is 0 Å². The molecule has 0 aliphatic rings. The van der Waals surface area contributed by atoms with Crippen molar-refractivity contribution in [2.75, 3.05) is 6.54 Å². The number of nitrogens with two attached hydrogens (primary N) is 2. The SMILES string of the molecule is NCCc1ccc(Oc2ccc(C(N)=O)cn2)c(Cl)c1. The van der Waals surface area contributed by atoms with E-state index in [0.29, 0.717) is 28.8 Å². The molecule has 0 aliphatic carbocycles. The van der Waals surface area contributed by atoms with Gasteiger partial charge < -0.3 is 16.2 Å². The molecule has 0 spiro atoms. The first kappa shape index (κ1) is 14.3. The largest absolute Gasteiger partial charge is 0.437 e. The van der Waals surface area contributed by atoms with Crippen LogP contribution in [0.5, 0.6) is 11.6 Å². The summed E-state index contributed by atoms with van der Waals surface area (Å²) in [5.74, 6) is 0.295. The number of halogens is 1. The van der Waals surface area contributed by atoms with E-state index in [1.807, 2.05) is 12.1 Å². The molecular formula is C14H14ClN3O2. The van der Waals surface area contributed by atoms with Crippen molar-refractivity contribution in [2.24, 2.45) is 11.5 Å². The number of hydrogen-bond donors (Lipinski definition) is 2. The second-order valence-electron chi connectivity index (χ2n) is 4.15. The average molecular weight is 292 g/mol. The number of pyridine rings is 1. The van der Waals surface area contributed by atoms with E-state index >= 15 is 0 Å². The number of carbonyl (C=O) groups excluding carboxylic acids is 1. The maximum Gasteiger partial charge on any atom is 0.250 e. The van der Waals surface area contributed by atoms with Crippen LogP contribution in [0.1, 0.15) is 15.9 Å². The number of benzene rings is 1. The Bertz CT molecular complexity index is 614. The molecular weight excluding hydrogens is 278 g/mol. The topological polar surface area (TPSA) is 91.2 Å². The van der Waals surface area contributed by atoms with Gasteiger partial charge in [-0.1, -0.05) is 17.7 Å². The molecule has 2 aromatic rings. The minimum atomic E-state index is -0.534. The summed E-state index contributed by atoms with van der Waals surface area (Å²) in [5, 5.41) is 0.483. The fraction of sp³-hybridized carbons (Fsp3) is 0.143. The number of carbonyl (C=O) groups is 1. The Morgan fingerprint density at radius 3 is 2.65 bits per heavy atom. The van der Waals surface area contributed by atoms with E-state index in [1.54, 1.807) is 18.2 Å². The Labute approximate surface area is 121 Å². The number of primary amides is 1. The molecule has 1 amide bonds. The fourth-order valence-electron chi connectivity index (χ4n) is 1.65. The lowest BCUT2D eigenvalue weighted by atomic mass is 10.1. The van der Waals surface area contributed by atoms with Gasteiger partial charge in [0.15, 0.2) is 0 Å². The van der Waals surface area contributed by atoms with Crippen LogP contribution in [0.2, 0.25) is 5.02 Å². The summed E-state index contributed by atoms with van der Waals surface area (Å²) in [6, 6.07) is 8.57. The van der Waals surface area contributed by atoms with Crippen molar-refractivity contribution in [2.45, 2.75) is 6.42 Å². The lowest BCUT2D eigenvalue weighted by Gasteiger charge is -2.08. The van der Waals surface area contributed by atoms with Crippen LogP contribution in [-0.4, -0.2) is 17.4 Å². The van der Waals surface area contributed by atoms with Gasteiger partial charge in [-0.15, -0.1) is 0 Å². The highest BCUT2D eigenvalue weighted by atomic mass is 35.5. The molecule has 0 unspecified atom stereocenters. The van der Waals surface area contributed by atoms with Crippen LogP contribution < -0.4 is 16.2 Å². The van der Waals surface area contributed by atoms with Crippen molar-refractivity contribution in [1.82, 2.24) is 4.98 Å². The van der Waals surface area contributed by atoms with Gasteiger partial charge in [-0.25, -0.2) is 4.98 Å². The molecule has 1 aromatic carbocycles. The number of hydrogen-bond acceptors (Lipinski definition) is 4. The molecule has 0 radical (unpaired) electrons. The highest BCUT2D eigenvalue weighted by molar-refractivity contribution is 6.32. The Kier molecular flexibility index (Phi) is 4.55. The van der Waals surface area contributed by atoms with Crippen LogP contribution in [-0.2, 0) is 6.42 Å². The maximum atomic E-state index is 10.9. The zero-order valence-corrected chi connectivity index (χ0v) is 11.4. The van der Waals surface area contributed by atoms with Crippen LogP contribution in [0, 0.1) is 0 Å². The van der Waals surface area contributed by atoms with E-state index in [0.717, 1.165) is 12.0 Å². The van der Waals surface area contributed by atoms with Crippen molar-refractivity contribution in [3.8, 4) is 11.6 Å². The third-order valence-corrected chi connectivity index (χ3v) is 2.96. The van der Waals surface area contributed by atoms with Gasteiger partial charge in [0.1, 0.15) is 5.75 Å². The number of rotatable bonds is 5. The predicted octanol–water partition coefficient (Wildman–Crippen LogP) is 2.13. The number of aromatic nitrogens is 1. The molecule has 0 fully saturated rings. The van der Waals surface area contributed by atoms with Gasteiger partial charge in [-0.2, -0.15) is 0 Å². The zero-order valence-electron chi connectivity index (χ0n) is 10.7. The summed E-state index contributed by atoms with van der Waals surface area (Å²) in [7, 11) is 0.